The molecule has 0 unspecified atom stereocenters. The van der Waals surface area contributed by atoms with Crippen LogP contribution in [-0.2, 0) is 0 Å². The number of thioether (sulfide) groups is 1. The Morgan fingerprint density at radius 2 is 2.13 bits per heavy atom. The lowest BCUT2D eigenvalue weighted by Crippen LogP contribution is -2.19. The molecule has 0 fully saturated rings. The molecule has 0 radical (unpaired) electrons. The van der Waals surface area contributed by atoms with Gasteiger partial charge in [0.05, 0.1) is 11.1 Å². The number of amides is 1. The van der Waals surface area contributed by atoms with Gasteiger partial charge in [0.25, 0.3) is 11.6 Å². The molecule has 23 heavy (non-hydrogen) atoms. The topological polar surface area (TPSA) is 108 Å². The fourth-order valence-electron chi connectivity index (χ4n) is 2.26. The molecular weight excluding hydrogens is 316 g/mol. The first kappa shape index (κ1) is 16.7. The van der Waals surface area contributed by atoms with Crippen LogP contribution in [0.5, 0.6) is 0 Å². The zero-order valence-electron chi connectivity index (χ0n) is 12.2. The molecule has 0 heterocycles. The van der Waals surface area contributed by atoms with E-state index in [1.54, 1.807) is 6.07 Å². The number of nitro groups is 1. The largest absolute Gasteiger partial charge is 0.282 e. The molecule has 1 N–H and O–H groups in total. The number of nitrogens with one attached hydrogen (secondary N) is 1. The van der Waals surface area contributed by atoms with Gasteiger partial charge < -0.3 is 0 Å². The minimum Gasteiger partial charge on any atom is -0.267 e. The van der Waals surface area contributed by atoms with Crippen molar-refractivity contribution in [3.05, 3.63) is 50.4 Å². The minimum absolute atomic E-state index is 0.0427. The van der Waals surface area contributed by atoms with E-state index < -0.39 is 10.8 Å². The van der Waals surface area contributed by atoms with E-state index in [0.29, 0.717) is 0 Å². The predicted octanol–water partition coefficient (Wildman–Crippen LogP) is 3.35. The first-order valence-corrected chi connectivity index (χ1v) is 7.80. The molecule has 0 saturated carbocycles. The minimum atomic E-state index is -0.639. The number of carbonyl (C=O) groups is 1. The number of nitrogens with zero attached hydrogens (tertiary/aromatic N) is 3. The maximum Gasteiger partial charge on any atom is 0.282 e. The number of nitro benzene ring substituents is 1. The Morgan fingerprint density at radius 3 is 2.87 bits per heavy atom. The molecule has 0 spiro atoms. The van der Waals surface area contributed by atoms with Crippen LogP contribution in [0.15, 0.2) is 39.8 Å². The van der Waals surface area contributed by atoms with Crippen molar-refractivity contribution in [2.75, 3.05) is 0 Å². The van der Waals surface area contributed by atoms with Gasteiger partial charge in [-0.2, -0.15) is 10.4 Å². The number of hydrazone groups is 1. The third-order valence-corrected chi connectivity index (χ3v) is 4.16. The SMILES string of the molecule is N#CSC1=C(/C=N/NC(=O)c2ccccc2[N+](=O)[O-])CCCC1. The van der Waals surface area contributed by atoms with Crippen LogP contribution in [0.4, 0.5) is 5.69 Å². The number of hydrogen-bond acceptors (Lipinski definition) is 6. The third-order valence-electron chi connectivity index (χ3n) is 3.36. The maximum atomic E-state index is 12.0. The van der Waals surface area contributed by atoms with Crippen molar-refractivity contribution >= 4 is 29.6 Å². The van der Waals surface area contributed by atoms with Gasteiger partial charge in [0.1, 0.15) is 11.0 Å². The summed E-state index contributed by atoms with van der Waals surface area (Å²) in [5.74, 6) is -0.639. The van der Waals surface area contributed by atoms with Crippen molar-refractivity contribution in [2.45, 2.75) is 25.7 Å². The number of thiocyanates is 1. The highest BCUT2D eigenvalue weighted by atomic mass is 32.2. The lowest BCUT2D eigenvalue weighted by Gasteiger charge is -2.14. The van der Waals surface area contributed by atoms with Crippen molar-refractivity contribution in [2.24, 2.45) is 5.10 Å². The smallest absolute Gasteiger partial charge is 0.267 e. The third kappa shape index (κ3) is 4.40. The summed E-state index contributed by atoms with van der Waals surface area (Å²) in [6, 6.07) is 5.69. The van der Waals surface area contributed by atoms with Gasteiger partial charge in [0.2, 0.25) is 0 Å². The highest BCUT2D eigenvalue weighted by Gasteiger charge is 2.18. The Labute approximate surface area is 137 Å². The van der Waals surface area contributed by atoms with Crippen LogP contribution in [0.1, 0.15) is 36.0 Å². The summed E-state index contributed by atoms with van der Waals surface area (Å²) >= 11 is 1.11. The monoisotopic (exact) mass is 330 g/mol. The zero-order valence-corrected chi connectivity index (χ0v) is 13.0. The molecule has 0 aliphatic heterocycles. The average Bonchev–Trinajstić information content (AvgIpc) is 2.56. The second kappa shape index (κ2) is 8.10. The Bertz CT molecular complexity index is 722. The standard InChI is InChI=1S/C15H14N4O3S/c16-10-23-14-8-4-1-5-11(14)9-17-18-15(20)12-6-2-3-7-13(12)19(21)22/h2-3,6-7,9H,1,4-5,8H2,(H,18,20)/b17-9+. The first-order chi connectivity index (χ1) is 11.1. The van der Waals surface area contributed by atoms with Gasteiger partial charge in [-0.1, -0.05) is 12.1 Å². The molecule has 7 nitrogen and oxygen atoms in total. The van der Waals surface area contributed by atoms with E-state index in [-0.39, 0.29) is 11.3 Å². The summed E-state index contributed by atoms with van der Waals surface area (Å²) < 4.78 is 0. The van der Waals surface area contributed by atoms with Gasteiger partial charge >= 0.3 is 0 Å². The van der Waals surface area contributed by atoms with Crippen molar-refractivity contribution in [1.82, 2.24) is 5.43 Å². The van der Waals surface area contributed by atoms with Gasteiger partial charge in [-0.15, -0.1) is 0 Å². The molecule has 0 atom stereocenters. The van der Waals surface area contributed by atoms with Crippen molar-refractivity contribution < 1.29 is 9.72 Å². The molecule has 0 bridgehead atoms. The summed E-state index contributed by atoms with van der Waals surface area (Å²) in [6.07, 6.45) is 5.19. The van der Waals surface area contributed by atoms with E-state index >= 15 is 0 Å². The summed E-state index contributed by atoms with van der Waals surface area (Å²) in [6.45, 7) is 0. The van der Waals surface area contributed by atoms with Gasteiger partial charge in [0, 0.05) is 11.0 Å². The average molecular weight is 330 g/mol. The highest BCUT2D eigenvalue weighted by molar-refractivity contribution is 8.07. The number of para-hydroxylation sites is 1. The fourth-order valence-corrected chi connectivity index (χ4v) is 2.91. The van der Waals surface area contributed by atoms with E-state index in [0.717, 1.165) is 47.9 Å². The second-order valence-electron chi connectivity index (χ2n) is 4.82. The van der Waals surface area contributed by atoms with Crippen LogP contribution in [0.3, 0.4) is 0 Å². The first-order valence-electron chi connectivity index (χ1n) is 6.98. The van der Waals surface area contributed by atoms with E-state index in [1.807, 2.05) is 5.40 Å². The zero-order chi connectivity index (χ0) is 16.7. The van der Waals surface area contributed by atoms with Crippen LogP contribution in [-0.4, -0.2) is 17.0 Å². The lowest BCUT2D eigenvalue weighted by atomic mass is 10.0. The molecule has 118 valence electrons. The highest BCUT2D eigenvalue weighted by Crippen LogP contribution is 2.31. The number of benzene rings is 1. The normalized spacial score (nSPS) is 14.6. The van der Waals surface area contributed by atoms with E-state index in [4.69, 9.17) is 5.26 Å². The van der Waals surface area contributed by atoms with Crippen LogP contribution in [0.25, 0.3) is 0 Å². The van der Waals surface area contributed by atoms with Crippen molar-refractivity contribution in [1.29, 1.82) is 5.26 Å². The van der Waals surface area contributed by atoms with Gasteiger partial charge in [0.15, 0.2) is 0 Å². The Hall–Kier alpha value is -2.66. The molecular formula is C15H14N4O3S. The number of carbonyl (C=O) groups excluding carboxylic acids is 1. The number of rotatable bonds is 5. The lowest BCUT2D eigenvalue weighted by molar-refractivity contribution is -0.385. The van der Waals surface area contributed by atoms with Crippen LogP contribution < -0.4 is 5.43 Å². The van der Waals surface area contributed by atoms with Gasteiger partial charge in [-0.3, -0.25) is 14.9 Å². The van der Waals surface area contributed by atoms with E-state index in [1.165, 1.54) is 24.4 Å². The maximum absolute atomic E-state index is 12.0. The Morgan fingerprint density at radius 1 is 1.39 bits per heavy atom. The van der Waals surface area contributed by atoms with Gasteiger partial charge in [-0.25, -0.2) is 5.43 Å². The number of nitriles is 1. The molecule has 1 aliphatic carbocycles. The molecule has 2 rings (SSSR count). The Kier molecular flexibility index (Phi) is 5.88. The predicted molar refractivity (Wildman–Crippen MR) is 87.8 cm³/mol. The van der Waals surface area contributed by atoms with Crippen LogP contribution in [0.2, 0.25) is 0 Å². The quantitative estimate of drug-likeness (QED) is 0.385. The van der Waals surface area contributed by atoms with Crippen molar-refractivity contribution in [3.63, 3.8) is 0 Å². The second-order valence-corrected chi connectivity index (χ2v) is 5.70. The summed E-state index contributed by atoms with van der Waals surface area (Å²) in [7, 11) is 0. The summed E-state index contributed by atoms with van der Waals surface area (Å²) in [5, 5.41) is 25.6. The molecule has 1 aliphatic rings. The van der Waals surface area contributed by atoms with Crippen LogP contribution in [0, 0.1) is 20.8 Å². The van der Waals surface area contributed by atoms with Crippen LogP contribution >= 0.6 is 11.8 Å². The molecule has 1 aromatic rings. The molecule has 0 aromatic heterocycles. The molecule has 1 amide bonds. The van der Waals surface area contributed by atoms with E-state index in [9.17, 15) is 14.9 Å². The van der Waals surface area contributed by atoms with E-state index in [2.05, 4.69) is 10.5 Å². The van der Waals surface area contributed by atoms with Crippen molar-refractivity contribution in [3.8, 4) is 5.40 Å². The number of allylic oxidation sites excluding steroid dienone is 2. The summed E-state index contributed by atoms with van der Waals surface area (Å²) in [4.78, 5) is 23.3. The number of hydrogen-bond donors (Lipinski definition) is 1. The fraction of sp³-hybridized carbons (Fsp3) is 0.267. The van der Waals surface area contributed by atoms with Gasteiger partial charge in [-0.05, 0) is 49.1 Å². The molecule has 0 saturated heterocycles. The summed E-state index contributed by atoms with van der Waals surface area (Å²) in [5.41, 5.74) is 2.92. The Balaban J connectivity index is 2.10. The molecule has 8 heteroatoms. The molecule has 1 aromatic carbocycles.